The van der Waals surface area contributed by atoms with Gasteiger partial charge in [0.1, 0.15) is 0 Å². The van der Waals surface area contributed by atoms with Crippen LogP contribution in [0.15, 0.2) is 6.20 Å². The van der Waals surface area contributed by atoms with Crippen LogP contribution in [-0.2, 0) is 12.0 Å². The summed E-state index contributed by atoms with van der Waals surface area (Å²) in [5, 5.41) is 9.57. The third-order valence-electron chi connectivity index (χ3n) is 1.45. The molecule has 0 aromatic carbocycles. The third kappa shape index (κ3) is 2.27. The van der Waals surface area contributed by atoms with Crippen molar-refractivity contribution in [1.29, 1.82) is 0 Å². The fourth-order valence-electron chi connectivity index (χ4n) is 0.814. The van der Waals surface area contributed by atoms with Gasteiger partial charge in [-0.15, -0.1) is 11.3 Å². The lowest BCUT2D eigenvalue weighted by atomic mass is 9.98. The number of aromatic nitrogens is 1. The van der Waals surface area contributed by atoms with E-state index in [1.165, 1.54) is 0 Å². The van der Waals surface area contributed by atoms with Gasteiger partial charge in [-0.2, -0.15) is 0 Å². The predicted molar refractivity (Wildman–Crippen MR) is 49.4 cm³/mol. The summed E-state index contributed by atoms with van der Waals surface area (Å²) in [5.74, 6) is 0. The van der Waals surface area contributed by atoms with Gasteiger partial charge in [0.2, 0.25) is 0 Å². The Morgan fingerprint density at radius 2 is 2.25 bits per heavy atom. The molecule has 0 aliphatic carbocycles. The average Bonchev–Trinajstić information content (AvgIpc) is 2.35. The molecule has 0 spiro atoms. The molecule has 1 heterocycles. The van der Waals surface area contributed by atoms with E-state index in [9.17, 15) is 0 Å². The van der Waals surface area contributed by atoms with Gasteiger partial charge >= 0.3 is 0 Å². The zero-order chi connectivity index (χ0) is 9.19. The Morgan fingerprint density at radius 1 is 1.58 bits per heavy atom. The molecule has 0 unspecified atom stereocenters. The summed E-state index contributed by atoms with van der Waals surface area (Å²) in [4.78, 5) is 5.33. The van der Waals surface area contributed by atoms with Crippen molar-refractivity contribution < 1.29 is 5.21 Å². The van der Waals surface area contributed by atoms with Crippen LogP contribution < -0.4 is 5.48 Å². The van der Waals surface area contributed by atoms with E-state index >= 15 is 0 Å². The highest BCUT2D eigenvalue weighted by Gasteiger charge is 2.17. The Morgan fingerprint density at radius 3 is 2.67 bits per heavy atom. The molecule has 0 bridgehead atoms. The van der Waals surface area contributed by atoms with Gasteiger partial charge < -0.3 is 5.21 Å². The second-order valence-corrected chi connectivity index (χ2v) is 4.83. The average molecular weight is 186 g/mol. The van der Waals surface area contributed by atoms with Crippen molar-refractivity contribution in [1.82, 2.24) is 10.5 Å². The topological polar surface area (TPSA) is 45.2 Å². The van der Waals surface area contributed by atoms with E-state index < -0.39 is 0 Å². The largest absolute Gasteiger partial charge is 0.316 e. The van der Waals surface area contributed by atoms with Gasteiger partial charge in [-0.1, -0.05) is 20.8 Å². The van der Waals surface area contributed by atoms with Gasteiger partial charge in [0.05, 0.1) is 11.6 Å². The quantitative estimate of drug-likeness (QED) is 0.694. The molecule has 0 saturated carbocycles. The van der Waals surface area contributed by atoms with Crippen LogP contribution in [0, 0.1) is 0 Å². The smallest absolute Gasteiger partial charge is 0.0981 e. The Bertz CT molecular complexity index is 252. The fourth-order valence-corrected chi connectivity index (χ4v) is 1.72. The number of nitrogens with one attached hydrogen (secondary N) is 1. The van der Waals surface area contributed by atoms with E-state index in [2.05, 4.69) is 31.2 Å². The molecule has 12 heavy (non-hydrogen) atoms. The maximum absolute atomic E-state index is 8.46. The van der Waals surface area contributed by atoms with Gasteiger partial charge in [-0.3, -0.25) is 0 Å². The first kappa shape index (κ1) is 9.64. The molecule has 0 aliphatic heterocycles. The zero-order valence-electron chi connectivity index (χ0n) is 7.59. The predicted octanol–water partition coefficient (Wildman–Crippen LogP) is 1.92. The highest BCUT2D eigenvalue weighted by atomic mass is 32.1. The van der Waals surface area contributed by atoms with Crippen molar-refractivity contribution in [3.63, 3.8) is 0 Å². The van der Waals surface area contributed by atoms with Gasteiger partial charge in [-0.05, 0) is 0 Å². The number of hydrogen-bond donors (Lipinski definition) is 2. The molecule has 0 atom stereocenters. The molecule has 1 rings (SSSR count). The highest BCUT2D eigenvalue weighted by Crippen LogP contribution is 2.26. The number of hydroxylamine groups is 1. The van der Waals surface area contributed by atoms with Crippen LogP contribution in [-0.4, -0.2) is 10.2 Å². The minimum absolute atomic E-state index is 0.109. The molecule has 0 aliphatic rings. The summed E-state index contributed by atoms with van der Waals surface area (Å²) < 4.78 is 0. The van der Waals surface area contributed by atoms with E-state index in [0.717, 1.165) is 9.88 Å². The minimum atomic E-state index is 0.109. The second-order valence-electron chi connectivity index (χ2n) is 3.72. The van der Waals surface area contributed by atoms with Crippen LogP contribution in [0.4, 0.5) is 0 Å². The number of rotatable bonds is 2. The van der Waals surface area contributed by atoms with Crippen molar-refractivity contribution in [2.75, 3.05) is 0 Å². The molecule has 0 radical (unpaired) electrons. The Hall–Kier alpha value is -0.450. The van der Waals surface area contributed by atoms with Crippen molar-refractivity contribution in [3.05, 3.63) is 16.1 Å². The molecule has 0 fully saturated rings. The van der Waals surface area contributed by atoms with Crippen LogP contribution in [0.3, 0.4) is 0 Å². The van der Waals surface area contributed by atoms with Crippen LogP contribution in [0.5, 0.6) is 0 Å². The maximum Gasteiger partial charge on any atom is 0.0981 e. The monoisotopic (exact) mass is 186 g/mol. The number of hydrogen-bond acceptors (Lipinski definition) is 4. The van der Waals surface area contributed by atoms with E-state index in [1.54, 1.807) is 17.5 Å². The van der Waals surface area contributed by atoms with Crippen LogP contribution in [0.25, 0.3) is 0 Å². The van der Waals surface area contributed by atoms with Crippen molar-refractivity contribution in [2.24, 2.45) is 0 Å². The lowest BCUT2D eigenvalue weighted by Crippen LogP contribution is -2.09. The molecule has 3 nitrogen and oxygen atoms in total. The second kappa shape index (κ2) is 3.51. The minimum Gasteiger partial charge on any atom is -0.316 e. The third-order valence-corrected chi connectivity index (χ3v) is 2.87. The Balaban J connectivity index is 2.77. The van der Waals surface area contributed by atoms with Crippen LogP contribution in [0.2, 0.25) is 0 Å². The van der Waals surface area contributed by atoms with Crippen LogP contribution >= 0.6 is 11.3 Å². The van der Waals surface area contributed by atoms with E-state index in [-0.39, 0.29) is 5.41 Å². The number of nitrogens with zero attached hydrogens (tertiary/aromatic N) is 1. The first-order chi connectivity index (χ1) is 5.54. The zero-order valence-corrected chi connectivity index (χ0v) is 8.40. The molecular weight excluding hydrogens is 172 g/mol. The lowest BCUT2D eigenvalue weighted by Gasteiger charge is -2.13. The molecule has 68 valence electrons. The molecule has 1 aromatic heterocycles. The van der Waals surface area contributed by atoms with Crippen LogP contribution in [0.1, 0.15) is 30.7 Å². The Kier molecular flexibility index (Phi) is 2.82. The molecule has 1 aromatic rings. The summed E-state index contributed by atoms with van der Waals surface area (Å²) >= 11 is 1.63. The standard InChI is InChI=1S/C8H14N2OS/c1-8(2,3)7-9-4-6(12-7)5-10-11/h4,10-11H,5H2,1-3H3. The summed E-state index contributed by atoms with van der Waals surface area (Å²) in [6.45, 7) is 6.86. The maximum atomic E-state index is 8.46. The first-order valence-corrected chi connectivity index (χ1v) is 4.68. The SMILES string of the molecule is CC(C)(C)c1ncc(CNO)s1. The van der Waals surface area contributed by atoms with Crippen molar-refractivity contribution in [3.8, 4) is 0 Å². The molecule has 0 amide bonds. The van der Waals surface area contributed by atoms with Gasteiger partial charge in [0, 0.05) is 16.5 Å². The molecular formula is C8H14N2OS. The van der Waals surface area contributed by atoms with Gasteiger partial charge in [0.25, 0.3) is 0 Å². The first-order valence-electron chi connectivity index (χ1n) is 3.86. The summed E-state index contributed by atoms with van der Waals surface area (Å²) in [5.41, 5.74) is 2.23. The van der Waals surface area contributed by atoms with E-state index in [0.29, 0.717) is 6.54 Å². The summed E-state index contributed by atoms with van der Waals surface area (Å²) in [6.07, 6.45) is 1.80. The fraction of sp³-hybridized carbons (Fsp3) is 0.625. The lowest BCUT2D eigenvalue weighted by molar-refractivity contribution is 0.162. The van der Waals surface area contributed by atoms with Gasteiger partial charge in [0.15, 0.2) is 0 Å². The Labute approximate surface area is 76.4 Å². The number of thiazole rings is 1. The molecule has 2 N–H and O–H groups in total. The highest BCUT2D eigenvalue weighted by molar-refractivity contribution is 7.11. The molecule has 0 saturated heterocycles. The van der Waals surface area contributed by atoms with E-state index in [4.69, 9.17) is 5.21 Å². The van der Waals surface area contributed by atoms with Gasteiger partial charge in [-0.25, -0.2) is 10.5 Å². The van der Waals surface area contributed by atoms with Crippen molar-refractivity contribution >= 4 is 11.3 Å². The summed E-state index contributed by atoms with van der Waals surface area (Å²) in [7, 11) is 0. The molecule has 4 heteroatoms. The van der Waals surface area contributed by atoms with E-state index in [1.807, 2.05) is 0 Å². The summed E-state index contributed by atoms with van der Waals surface area (Å²) in [6, 6.07) is 0. The van der Waals surface area contributed by atoms with Crippen molar-refractivity contribution in [2.45, 2.75) is 32.7 Å². The normalized spacial score (nSPS) is 12.0.